The highest BCUT2D eigenvalue weighted by Gasteiger charge is 2.05. The van der Waals surface area contributed by atoms with Crippen LogP contribution in [0.2, 0.25) is 0 Å². The summed E-state index contributed by atoms with van der Waals surface area (Å²) in [5.74, 6) is -0.118. The lowest BCUT2D eigenvalue weighted by Crippen LogP contribution is -2.28. The van der Waals surface area contributed by atoms with Crippen LogP contribution >= 0.6 is 0 Å². The topological polar surface area (TPSA) is 110 Å². The van der Waals surface area contributed by atoms with E-state index in [0.717, 1.165) is 38.5 Å². The standard InChI is InChI=1S/C14H30N4O2/c15-9-3-1-5-11-17-13(19)7-8-14(20)18-12-6-2-4-10-16/h1-12,15-16H2,(H,17,19)(H,18,20). The smallest absolute Gasteiger partial charge is 0.220 e. The van der Waals surface area contributed by atoms with Crippen molar-refractivity contribution in [3.8, 4) is 0 Å². The highest BCUT2D eigenvalue weighted by atomic mass is 16.2. The van der Waals surface area contributed by atoms with Crippen LogP contribution in [-0.2, 0) is 9.59 Å². The Bertz CT molecular complexity index is 234. The van der Waals surface area contributed by atoms with E-state index in [1.165, 1.54) is 0 Å². The summed E-state index contributed by atoms with van der Waals surface area (Å²) < 4.78 is 0. The van der Waals surface area contributed by atoms with E-state index in [1.54, 1.807) is 0 Å². The molecule has 6 nitrogen and oxygen atoms in total. The van der Waals surface area contributed by atoms with Gasteiger partial charge in [0.1, 0.15) is 0 Å². The van der Waals surface area contributed by atoms with Crippen molar-refractivity contribution in [2.45, 2.75) is 51.4 Å². The first-order valence-electron chi connectivity index (χ1n) is 7.64. The molecule has 2 amide bonds. The first-order chi connectivity index (χ1) is 9.70. The molecule has 0 fully saturated rings. The molecule has 0 radical (unpaired) electrons. The predicted octanol–water partition coefficient (Wildman–Crippen LogP) is 0.257. The molecule has 0 heterocycles. The molecule has 0 unspecified atom stereocenters. The Morgan fingerprint density at radius 1 is 0.650 bits per heavy atom. The van der Waals surface area contributed by atoms with Crippen LogP contribution < -0.4 is 22.1 Å². The van der Waals surface area contributed by atoms with Gasteiger partial charge in [-0.1, -0.05) is 12.8 Å². The van der Waals surface area contributed by atoms with E-state index in [-0.39, 0.29) is 24.7 Å². The van der Waals surface area contributed by atoms with E-state index < -0.39 is 0 Å². The van der Waals surface area contributed by atoms with E-state index in [1.807, 2.05) is 0 Å². The number of nitrogens with one attached hydrogen (secondary N) is 2. The van der Waals surface area contributed by atoms with Crippen LogP contribution in [0.15, 0.2) is 0 Å². The number of rotatable bonds is 13. The van der Waals surface area contributed by atoms with Crippen LogP contribution in [0.4, 0.5) is 0 Å². The van der Waals surface area contributed by atoms with Crippen LogP contribution in [0, 0.1) is 0 Å². The Morgan fingerprint density at radius 3 is 1.40 bits per heavy atom. The van der Waals surface area contributed by atoms with Gasteiger partial charge in [-0.05, 0) is 38.8 Å². The van der Waals surface area contributed by atoms with Gasteiger partial charge in [0, 0.05) is 25.9 Å². The van der Waals surface area contributed by atoms with Crippen molar-refractivity contribution >= 4 is 11.8 Å². The zero-order valence-corrected chi connectivity index (χ0v) is 12.5. The third-order valence-corrected chi connectivity index (χ3v) is 2.99. The van der Waals surface area contributed by atoms with Crippen molar-refractivity contribution in [2.75, 3.05) is 26.2 Å². The molecule has 0 aliphatic rings. The maximum atomic E-state index is 11.5. The fourth-order valence-corrected chi connectivity index (χ4v) is 1.75. The second kappa shape index (κ2) is 14.3. The zero-order chi connectivity index (χ0) is 15.1. The number of hydrogen-bond acceptors (Lipinski definition) is 4. The SMILES string of the molecule is NCCCCCNC(=O)CCC(=O)NCCCCCN. The Balaban J connectivity index is 3.37. The lowest BCUT2D eigenvalue weighted by molar-refractivity contribution is -0.126. The van der Waals surface area contributed by atoms with Gasteiger partial charge in [-0.2, -0.15) is 0 Å². The number of carbonyl (C=O) groups is 2. The Labute approximate surface area is 122 Å². The monoisotopic (exact) mass is 286 g/mol. The summed E-state index contributed by atoms with van der Waals surface area (Å²) in [7, 11) is 0. The van der Waals surface area contributed by atoms with Crippen LogP contribution in [0.3, 0.4) is 0 Å². The van der Waals surface area contributed by atoms with E-state index in [4.69, 9.17) is 11.5 Å². The summed E-state index contributed by atoms with van der Waals surface area (Å²) in [6, 6.07) is 0. The molecule has 6 N–H and O–H groups in total. The quantitative estimate of drug-likeness (QED) is 0.364. The number of amides is 2. The minimum atomic E-state index is -0.0592. The fourth-order valence-electron chi connectivity index (χ4n) is 1.75. The van der Waals surface area contributed by atoms with E-state index >= 15 is 0 Å². The molecule has 0 aromatic rings. The molecule has 0 atom stereocenters. The summed E-state index contributed by atoms with van der Waals surface area (Å²) in [4.78, 5) is 22.9. The van der Waals surface area contributed by atoms with Crippen molar-refractivity contribution < 1.29 is 9.59 Å². The molecule has 0 aliphatic heterocycles. The number of carbonyl (C=O) groups excluding carboxylic acids is 2. The van der Waals surface area contributed by atoms with Crippen LogP contribution in [0.5, 0.6) is 0 Å². The van der Waals surface area contributed by atoms with Gasteiger partial charge in [0.05, 0.1) is 0 Å². The van der Waals surface area contributed by atoms with E-state index in [0.29, 0.717) is 26.2 Å². The van der Waals surface area contributed by atoms with Crippen molar-refractivity contribution in [3.05, 3.63) is 0 Å². The minimum Gasteiger partial charge on any atom is -0.356 e. The van der Waals surface area contributed by atoms with Gasteiger partial charge in [-0.25, -0.2) is 0 Å². The van der Waals surface area contributed by atoms with Crippen molar-refractivity contribution in [2.24, 2.45) is 11.5 Å². The van der Waals surface area contributed by atoms with Gasteiger partial charge in [0.15, 0.2) is 0 Å². The average Bonchev–Trinajstić information content (AvgIpc) is 2.44. The Morgan fingerprint density at radius 2 is 1.05 bits per heavy atom. The van der Waals surface area contributed by atoms with Gasteiger partial charge in [0.25, 0.3) is 0 Å². The molecule has 6 heteroatoms. The molecule has 0 aliphatic carbocycles. The summed E-state index contributed by atoms with van der Waals surface area (Å²) in [6.45, 7) is 2.72. The van der Waals surface area contributed by atoms with Crippen LogP contribution in [-0.4, -0.2) is 38.0 Å². The summed E-state index contributed by atoms with van der Waals surface area (Å²) in [6.07, 6.45) is 6.43. The highest BCUT2D eigenvalue weighted by Crippen LogP contribution is 1.95. The molecule has 118 valence electrons. The summed E-state index contributed by atoms with van der Waals surface area (Å²) >= 11 is 0. The van der Waals surface area contributed by atoms with Gasteiger partial charge in [-0.3, -0.25) is 9.59 Å². The molecule has 0 rings (SSSR count). The Kier molecular flexibility index (Phi) is 13.5. The largest absolute Gasteiger partial charge is 0.356 e. The predicted molar refractivity (Wildman–Crippen MR) is 81.1 cm³/mol. The van der Waals surface area contributed by atoms with E-state index in [9.17, 15) is 9.59 Å². The molecule has 0 saturated heterocycles. The van der Waals surface area contributed by atoms with Crippen LogP contribution in [0.1, 0.15) is 51.4 Å². The van der Waals surface area contributed by atoms with Crippen molar-refractivity contribution in [1.29, 1.82) is 0 Å². The third kappa shape index (κ3) is 13.3. The van der Waals surface area contributed by atoms with Crippen LogP contribution in [0.25, 0.3) is 0 Å². The molecule has 0 saturated carbocycles. The molecule has 0 spiro atoms. The minimum absolute atomic E-state index is 0.0592. The number of unbranched alkanes of at least 4 members (excludes halogenated alkanes) is 4. The molecule has 20 heavy (non-hydrogen) atoms. The van der Waals surface area contributed by atoms with Gasteiger partial charge >= 0.3 is 0 Å². The normalized spacial score (nSPS) is 10.3. The van der Waals surface area contributed by atoms with Crippen molar-refractivity contribution in [3.63, 3.8) is 0 Å². The maximum Gasteiger partial charge on any atom is 0.220 e. The molecule has 0 aromatic heterocycles. The second-order valence-electron chi connectivity index (χ2n) is 4.90. The number of nitrogens with two attached hydrogens (primary N) is 2. The first-order valence-corrected chi connectivity index (χ1v) is 7.64. The molecular weight excluding hydrogens is 256 g/mol. The molecular formula is C14H30N4O2. The summed E-state index contributed by atoms with van der Waals surface area (Å²) in [5, 5.41) is 5.61. The highest BCUT2D eigenvalue weighted by molar-refractivity contribution is 5.83. The van der Waals surface area contributed by atoms with Gasteiger partial charge < -0.3 is 22.1 Å². The first kappa shape index (κ1) is 18.9. The molecule has 0 bridgehead atoms. The fraction of sp³-hybridized carbons (Fsp3) is 0.857. The van der Waals surface area contributed by atoms with Gasteiger partial charge in [-0.15, -0.1) is 0 Å². The Hall–Kier alpha value is -1.14. The van der Waals surface area contributed by atoms with Gasteiger partial charge in [0.2, 0.25) is 11.8 Å². The average molecular weight is 286 g/mol. The van der Waals surface area contributed by atoms with Crippen molar-refractivity contribution in [1.82, 2.24) is 10.6 Å². The second-order valence-corrected chi connectivity index (χ2v) is 4.90. The number of hydrogen-bond donors (Lipinski definition) is 4. The lowest BCUT2D eigenvalue weighted by atomic mass is 10.2. The van der Waals surface area contributed by atoms with E-state index in [2.05, 4.69) is 10.6 Å². The molecule has 0 aromatic carbocycles. The lowest BCUT2D eigenvalue weighted by Gasteiger charge is -2.06. The third-order valence-electron chi connectivity index (χ3n) is 2.99. The summed E-state index contributed by atoms with van der Waals surface area (Å²) in [5.41, 5.74) is 10.8. The maximum absolute atomic E-state index is 11.5. The zero-order valence-electron chi connectivity index (χ0n) is 12.5.